The Kier molecular flexibility index (Phi) is 6.20. The summed E-state index contributed by atoms with van der Waals surface area (Å²) in [6.07, 6.45) is 3.60. The number of hydrogen-bond donors (Lipinski definition) is 3. The molecule has 6 heteroatoms. The number of nitrogens with one attached hydrogen (secondary N) is 2. The zero-order valence-corrected chi connectivity index (χ0v) is 15.4. The molecule has 1 aromatic carbocycles. The van der Waals surface area contributed by atoms with E-state index >= 15 is 0 Å². The van der Waals surface area contributed by atoms with Gasteiger partial charge in [0.05, 0.1) is 23.5 Å². The molecule has 1 heterocycles. The van der Waals surface area contributed by atoms with Gasteiger partial charge in [-0.15, -0.1) is 0 Å². The summed E-state index contributed by atoms with van der Waals surface area (Å²) < 4.78 is 1.81. The van der Waals surface area contributed by atoms with Crippen molar-refractivity contribution in [3.05, 3.63) is 48.3 Å². The Morgan fingerprint density at radius 2 is 1.96 bits per heavy atom. The average molecular weight is 344 g/mol. The number of aromatic nitrogens is 2. The molecule has 0 bridgehead atoms. The summed E-state index contributed by atoms with van der Waals surface area (Å²) in [7, 11) is 0. The largest absolute Gasteiger partial charge is 0.393 e. The van der Waals surface area contributed by atoms with Gasteiger partial charge in [0.2, 0.25) is 0 Å². The number of carbonyl (C=O) groups excluding carboxylic acids is 1. The van der Waals surface area contributed by atoms with Crippen LogP contribution in [0.4, 0.5) is 10.5 Å². The van der Waals surface area contributed by atoms with E-state index in [0.29, 0.717) is 18.7 Å². The van der Waals surface area contributed by atoms with Gasteiger partial charge in [-0.3, -0.25) is 4.68 Å². The quantitative estimate of drug-likeness (QED) is 0.752. The van der Waals surface area contributed by atoms with Gasteiger partial charge in [0.15, 0.2) is 0 Å². The Morgan fingerprint density at radius 3 is 2.52 bits per heavy atom. The first-order valence-corrected chi connectivity index (χ1v) is 8.58. The van der Waals surface area contributed by atoms with Crippen LogP contribution in [0.1, 0.15) is 45.6 Å². The molecule has 0 aliphatic heterocycles. The van der Waals surface area contributed by atoms with Crippen LogP contribution < -0.4 is 10.6 Å². The predicted octanol–water partition coefficient (Wildman–Crippen LogP) is 3.31. The topological polar surface area (TPSA) is 79.2 Å². The molecule has 0 saturated heterocycles. The second-order valence-corrected chi connectivity index (χ2v) is 7.37. The van der Waals surface area contributed by atoms with E-state index in [9.17, 15) is 9.90 Å². The number of aliphatic hydroxyl groups excluding tert-OH is 1. The molecule has 0 saturated carbocycles. The normalized spacial score (nSPS) is 14.0. The van der Waals surface area contributed by atoms with Crippen molar-refractivity contribution in [2.45, 2.75) is 51.7 Å². The molecule has 0 spiro atoms. The minimum Gasteiger partial charge on any atom is -0.393 e. The lowest BCUT2D eigenvalue weighted by Gasteiger charge is -2.20. The molecular weight excluding hydrogens is 316 g/mol. The van der Waals surface area contributed by atoms with Crippen molar-refractivity contribution < 1.29 is 9.90 Å². The van der Waals surface area contributed by atoms with Gasteiger partial charge in [-0.05, 0) is 39.7 Å². The van der Waals surface area contributed by atoms with Gasteiger partial charge < -0.3 is 15.7 Å². The van der Waals surface area contributed by atoms with Crippen molar-refractivity contribution in [1.82, 2.24) is 15.1 Å². The molecule has 0 fully saturated rings. The second kappa shape index (κ2) is 8.16. The van der Waals surface area contributed by atoms with E-state index in [1.165, 1.54) is 0 Å². The van der Waals surface area contributed by atoms with E-state index in [4.69, 9.17) is 0 Å². The molecule has 2 aromatic rings. The molecule has 2 atom stereocenters. The molecule has 2 unspecified atom stereocenters. The highest BCUT2D eigenvalue weighted by Gasteiger charge is 2.17. The first-order valence-electron chi connectivity index (χ1n) is 8.58. The average Bonchev–Trinajstić information content (AvgIpc) is 3.00. The summed E-state index contributed by atoms with van der Waals surface area (Å²) >= 11 is 0. The fourth-order valence-electron chi connectivity index (χ4n) is 2.62. The molecule has 6 nitrogen and oxygen atoms in total. The molecule has 25 heavy (non-hydrogen) atoms. The van der Waals surface area contributed by atoms with E-state index in [1.54, 1.807) is 13.1 Å². The van der Waals surface area contributed by atoms with Crippen molar-refractivity contribution >= 4 is 11.7 Å². The molecule has 136 valence electrons. The van der Waals surface area contributed by atoms with Crippen LogP contribution in [0, 0.1) is 0 Å². The summed E-state index contributed by atoms with van der Waals surface area (Å²) in [5.41, 5.74) is 1.62. The van der Waals surface area contributed by atoms with Crippen LogP contribution in [-0.4, -0.2) is 33.6 Å². The van der Waals surface area contributed by atoms with Crippen molar-refractivity contribution in [2.75, 3.05) is 11.9 Å². The van der Waals surface area contributed by atoms with Gasteiger partial charge in [0.1, 0.15) is 0 Å². The monoisotopic (exact) mass is 344 g/mol. The molecular formula is C19H28N4O2. The number of aliphatic hydroxyl groups is 1. The van der Waals surface area contributed by atoms with Crippen LogP contribution in [0.3, 0.4) is 0 Å². The fourth-order valence-corrected chi connectivity index (χ4v) is 2.62. The van der Waals surface area contributed by atoms with Gasteiger partial charge in [-0.2, -0.15) is 5.10 Å². The Bertz CT molecular complexity index is 674. The summed E-state index contributed by atoms with van der Waals surface area (Å²) in [6, 6.07) is 9.63. The third kappa shape index (κ3) is 5.90. The van der Waals surface area contributed by atoms with Crippen LogP contribution in [0.15, 0.2) is 42.7 Å². The van der Waals surface area contributed by atoms with Crippen molar-refractivity contribution in [1.29, 1.82) is 0 Å². The predicted molar refractivity (Wildman–Crippen MR) is 99.7 cm³/mol. The van der Waals surface area contributed by atoms with Crippen LogP contribution in [0.25, 0.3) is 0 Å². The lowest BCUT2D eigenvalue weighted by Crippen LogP contribution is -2.33. The fraction of sp³-hybridized carbons (Fsp3) is 0.474. The van der Waals surface area contributed by atoms with Crippen molar-refractivity contribution in [3.8, 4) is 0 Å². The molecule has 2 amide bonds. The first kappa shape index (κ1) is 19.0. The maximum absolute atomic E-state index is 12.2. The minimum absolute atomic E-state index is 0.0595. The highest BCUT2D eigenvalue weighted by atomic mass is 16.3. The van der Waals surface area contributed by atoms with Crippen molar-refractivity contribution in [2.24, 2.45) is 0 Å². The van der Waals surface area contributed by atoms with Gasteiger partial charge >= 0.3 is 6.03 Å². The number of amides is 2. The highest BCUT2D eigenvalue weighted by Crippen LogP contribution is 2.20. The number of carbonyl (C=O) groups is 1. The number of anilines is 1. The summed E-state index contributed by atoms with van der Waals surface area (Å²) in [5, 5.41) is 19.7. The smallest absolute Gasteiger partial charge is 0.319 e. The van der Waals surface area contributed by atoms with Gasteiger partial charge in [-0.25, -0.2) is 4.79 Å². The number of urea groups is 1. The lowest BCUT2D eigenvalue weighted by molar-refractivity contribution is 0.173. The van der Waals surface area contributed by atoms with E-state index in [1.807, 2.05) is 62.0 Å². The van der Waals surface area contributed by atoms with E-state index < -0.39 is 6.10 Å². The third-order valence-corrected chi connectivity index (χ3v) is 3.93. The number of hydrogen-bond acceptors (Lipinski definition) is 3. The molecule has 2 rings (SSSR count). The maximum Gasteiger partial charge on any atom is 0.319 e. The van der Waals surface area contributed by atoms with Crippen LogP contribution in [0.5, 0.6) is 0 Å². The van der Waals surface area contributed by atoms with Crippen LogP contribution in [0.2, 0.25) is 0 Å². The SMILES string of the molecule is CC(O)CC(CNC(=O)Nc1cnn(C(C)(C)C)c1)c1ccccc1. The number of nitrogens with zero attached hydrogens (tertiary/aromatic N) is 2. The molecule has 0 aliphatic rings. The minimum atomic E-state index is -0.430. The van der Waals surface area contributed by atoms with E-state index in [-0.39, 0.29) is 17.5 Å². The third-order valence-electron chi connectivity index (χ3n) is 3.93. The standard InChI is InChI=1S/C19H28N4O2/c1-14(24)10-16(15-8-6-5-7-9-15)11-20-18(25)22-17-12-21-23(13-17)19(2,3)4/h5-9,12-14,16,24H,10-11H2,1-4H3,(H2,20,22,25). The van der Waals surface area contributed by atoms with Crippen LogP contribution in [-0.2, 0) is 5.54 Å². The Labute approximate surface area is 149 Å². The van der Waals surface area contributed by atoms with E-state index in [2.05, 4.69) is 15.7 Å². The molecule has 0 radical (unpaired) electrons. The molecule has 3 N–H and O–H groups in total. The van der Waals surface area contributed by atoms with E-state index in [0.717, 1.165) is 5.56 Å². The second-order valence-electron chi connectivity index (χ2n) is 7.37. The Hall–Kier alpha value is -2.34. The van der Waals surface area contributed by atoms with Gasteiger partial charge in [0, 0.05) is 18.7 Å². The molecule has 1 aromatic heterocycles. The lowest BCUT2D eigenvalue weighted by atomic mass is 9.93. The molecule has 0 aliphatic carbocycles. The van der Waals surface area contributed by atoms with Crippen molar-refractivity contribution in [3.63, 3.8) is 0 Å². The highest BCUT2D eigenvalue weighted by molar-refractivity contribution is 5.88. The van der Waals surface area contributed by atoms with Gasteiger partial charge in [0.25, 0.3) is 0 Å². The summed E-state index contributed by atoms with van der Waals surface area (Å²) in [5.74, 6) is 0.0595. The Balaban J connectivity index is 1.93. The Morgan fingerprint density at radius 1 is 1.28 bits per heavy atom. The zero-order chi connectivity index (χ0) is 18.4. The van der Waals surface area contributed by atoms with Gasteiger partial charge in [-0.1, -0.05) is 30.3 Å². The summed E-state index contributed by atoms with van der Waals surface area (Å²) in [4.78, 5) is 12.2. The maximum atomic E-state index is 12.2. The first-order chi connectivity index (χ1) is 11.8. The zero-order valence-electron chi connectivity index (χ0n) is 15.4. The summed E-state index contributed by atoms with van der Waals surface area (Å²) in [6.45, 7) is 8.35. The number of benzene rings is 1. The van der Waals surface area contributed by atoms with Crippen LogP contribution >= 0.6 is 0 Å². The number of rotatable bonds is 6.